The summed E-state index contributed by atoms with van der Waals surface area (Å²) in [4.78, 5) is 25.8. The van der Waals surface area contributed by atoms with E-state index in [1.807, 2.05) is 30.3 Å². The van der Waals surface area contributed by atoms with Gasteiger partial charge < -0.3 is 10.6 Å². The zero-order valence-electron chi connectivity index (χ0n) is 14.0. The lowest BCUT2D eigenvalue weighted by atomic mass is 10.0. The highest BCUT2D eigenvalue weighted by atomic mass is 16.2. The average molecular weight is 348 g/mol. The number of aromatic nitrogens is 4. The van der Waals surface area contributed by atoms with E-state index < -0.39 is 0 Å². The lowest BCUT2D eigenvalue weighted by Gasteiger charge is -2.12. The number of carbonyl (C=O) groups is 2. The Balaban J connectivity index is 1.47. The highest BCUT2D eigenvalue weighted by molar-refractivity contribution is 6.00. The van der Waals surface area contributed by atoms with Crippen LogP contribution in [0.25, 0.3) is 11.4 Å². The van der Waals surface area contributed by atoms with Crippen molar-refractivity contribution >= 4 is 17.5 Å². The van der Waals surface area contributed by atoms with Gasteiger partial charge in [0.05, 0.1) is 19.5 Å². The molecule has 8 nitrogen and oxygen atoms in total. The van der Waals surface area contributed by atoms with Crippen molar-refractivity contribution in [3.63, 3.8) is 0 Å². The summed E-state index contributed by atoms with van der Waals surface area (Å²) < 4.78 is 0. The molecule has 130 valence electrons. The Morgan fingerprint density at radius 3 is 2.88 bits per heavy atom. The minimum absolute atomic E-state index is 0.144. The van der Waals surface area contributed by atoms with Crippen molar-refractivity contribution in [3.8, 4) is 11.4 Å². The van der Waals surface area contributed by atoms with Gasteiger partial charge in [-0.2, -0.15) is 4.80 Å². The van der Waals surface area contributed by atoms with Crippen LogP contribution in [0.5, 0.6) is 0 Å². The summed E-state index contributed by atoms with van der Waals surface area (Å²) >= 11 is 0. The molecule has 0 fully saturated rings. The second-order valence-corrected chi connectivity index (χ2v) is 6.05. The first-order valence-corrected chi connectivity index (χ1v) is 8.14. The summed E-state index contributed by atoms with van der Waals surface area (Å²) in [6.45, 7) is 0. The molecule has 2 aromatic carbocycles. The molecule has 1 aliphatic rings. The van der Waals surface area contributed by atoms with Crippen molar-refractivity contribution in [3.05, 3.63) is 59.7 Å². The predicted molar refractivity (Wildman–Crippen MR) is 94.1 cm³/mol. The minimum Gasteiger partial charge on any atom is -0.345 e. The van der Waals surface area contributed by atoms with E-state index in [2.05, 4.69) is 26.0 Å². The molecule has 1 aromatic heterocycles. The Morgan fingerprint density at radius 2 is 2.08 bits per heavy atom. The quantitative estimate of drug-likeness (QED) is 0.747. The van der Waals surface area contributed by atoms with Crippen molar-refractivity contribution in [1.29, 1.82) is 0 Å². The van der Waals surface area contributed by atoms with E-state index in [-0.39, 0.29) is 24.3 Å². The second-order valence-electron chi connectivity index (χ2n) is 6.05. The van der Waals surface area contributed by atoms with Gasteiger partial charge in [-0.05, 0) is 29.0 Å². The molecule has 0 radical (unpaired) electrons. The number of nitrogens with one attached hydrogen (secondary N) is 2. The largest absolute Gasteiger partial charge is 0.345 e. The van der Waals surface area contributed by atoms with Crippen LogP contribution in [0.2, 0.25) is 0 Å². The number of hydrogen-bond acceptors (Lipinski definition) is 5. The van der Waals surface area contributed by atoms with E-state index in [0.717, 1.165) is 11.1 Å². The number of anilines is 1. The Labute approximate surface area is 149 Å². The van der Waals surface area contributed by atoms with Gasteiger partial charge in [-0.15, -0.1) is 10.2 Å². The van der Waals surface area contributed by atoms with Crippen molar-refractivity contribution in [2.24, 2.45) is 7.05 Å². The fourth-order valence-electron chi connectivity index (χ4n) is 3.02. The highest BCUT2D eigenvalue weighted by Gasteiger charge is 2.29. The molecule has 26 heavy (non-hydrogen) atoms. The van der Waals surface area contributed by atoms with Crippen LogP contribution in [0.15, 0.2) is 48.5 Å². The number of nitrogens with zero attached hydrogens (tertiary/aromatic N) is 4. The highest BCUT2D eigenvalue weighted by Crippen LogP contribution is 2.28. The van der Waals surface area contributed by atoms with Crippen molar-refractivity contribution in [2.75, 3.05) is 5.32 Å². The third kappa shape index (κ3) is 3.04. The van der Waals surface area contributed by atoms with E-state index in [0.29, 0.717) is 17.1 Å². The van der Waals surface area contributed by atoms with Crippen molar-refractivity contribution in [2.45, 2.75) is 12.5 Å². The molecular formula is C18H16N6O2. The standard InChI is InChI=1S/C18H16N6O2/c1-24-22-17(21-23-24)11-5-4-6-12(9-11)19-16(25)10-15-13-7-2-3-8-14(13)18(26)20-15/h2-9,15H,10H2,1H3,(H,19,25)(H,20,26). The van der Waals surface area contributed by atoms with Crippen LogP contribution >= 0.6 is 0 Å². The van der Waals surface area contributed by atoms with Crippen LogP contribution in [0.3, 0.4) is 0 Å². The van der Waals surface area contributed by atoms with E-state index in [9.17, 15) is 9.59 Å². The number of hydrogen-bond donors (Lipinski definition) is 2. The van der Waals surface area contributed by atoms with E-state index >= 15 is 0 Å². The number of tetrazole rings is 1. The minimum atomic E-state index is -0.316. The van der Waals surface area contributed by atoms with Crippen molar-refractivity contribution in [1.82, 2.24) is 25.5 Å². The summed E-state index contributed by atoms with van der Waals surface area (Å²) in [6.07, 6.45) is 0.163. The van der Waals surface area contributed by atoms with Gasteiger partial charge in [0, 0.05) is 16.8 Å². The molecule has 0 spiro atoms. The molecule has 0 saturated carbocycles. The molecule has 2 N–H and O–H groups in total. The fraction of sp³-hybridized carbons (Fsp3) is 0.167. The number of rotatable bonds is 4. The zero-order chi connectivity index (χ0) is 18.1. The first-order valence-electron chi connectivity index (χ1n) is 8.14. The molecule has 0 aliphatic carbocycles. The average Bonchev–Trinajstić information content (AvgIpc) is 3.20. The van der Waals surface area contributed by atoms with Crippen LogP contribution in [-0.4, -0.2) is 32.0 Å². The molecule has 1 aliphatic heterocycles. The summed E-state index contributed by atoms with van der Waals surface area (Å²) in [5, 5.41) is 17.6. The molecule has 4 rings (SSSR count). The fourth-order valence-corrected chi connectivity index (χ4v) is 3.02. The van der Waals surface area contributed by atoms with Crippen LogP contribution < -0.4 is 10.6 Å². The van der Waals surface area contributed by atoms with Gasteiger partial charge in [0.15, 0.2) is 0 Å². The molecule has 0 saturated heterocycles. The maximum Gasteiger partial charge on any atom is 0.252 e. The van der Waals surface area contributed by atoms with Crippen molar-refractivity contribution < 1.29 is 9.59 Å². The molecule has 1 unspecified atom stereocenters. The third-order valence-corrected chi connectivity index (χ3v) is 4.19. The van der Waals surface area contributed by atoms with Gasteiger partial charge in [-0.3, -0.25) is 9.59 Å². The monoisotopic (exact) mass is 348 g/mol. The van der Waals surface area contributed by atoms with E-state index in [1.54, 1.807) is 25.2 Å². The number of carbonyl (C=O) groups excluding carboxylic acids is 2. The number of amides is 2. The predicted octanol–water partition coefficient (Wildman–Crippen LogP) is 1.69. The normalized spacial score (nSPS) is 15.4. The second kappa shape index (κ2) is 6.40. The smallest absolute Gasteiger partial charge is 0.252 e. The Kier molecular flexibility index (Phi) is 3.92. The molecule has 0 bridgehead atoms. The molecule has 2 amide bonds. The van der Waals surface area contributed by atoms with Gasteiger partial charge in [-0.25, -0.2) is 0 Å². The van der Waals surface area contributed by atoms with E-state index in [4.69, 9.17) is 0 Å². The zero-order valence-corrected chi connectivity index (χ0v) is 14.0. The Hall–Kier alpha value is -3.55. The molecule has 2 heterocycles. The Bertz CT molecular complexity index is 997. The van der Waals surface area contributed by atoms with Gasteiger partial charge in [0.25, 0.3) is 5.91 Å². The lowest BCUT2D eigenvalue weighted by molar-refractivity contribution is -0.116. The number of benzene rings is 2. The van der Waals surface area contributed by atoms with Gasteiger partial charge in [0.2, 0.25) is 11.7 Å². The van der Waals surface area contributed by atoms with Gasteiger partial charge >= 0.3 is 0 Å². The first kappa shape index (κ1) is 15.9. The maximum atomic E-state index is 12.4. The van der Waals surface area contributed by atoms with Gasteiger partial charge in [0.1, 0.15) is 0 Å². The van der Waals surface area contributed by atoms with Crippen LogP contribution in [0.1, 0.15) is 28.4 Å². The van der Waals surface area contributed by atoms with Crippen LogP contribution in [0.4, 0.5) is 5.69 Å². The third-order valence-electron chi connectivity index (χ3n) is 4.19. The SMILES string of the molecule is Cn1nnc(-c2cccc(NC(=O)CC3NC(=O)c4ccccc43)c2)n1. The topological polar surface area (TPSA) is 102 Å². The van der Waals surface area contributed by atoms with Crippen LogP contribution in [0, 0.1) is 0 Å². The molecule has 1 atom stereocenters. The number of aryl methyl sites for hydroxylation is 1. The Morgan fingerprint density at radius 1 is 1.23 bits per heavy atom. The summed E-state index contributed by atoms with van der Waals surface area (Å²) in [5.74, 6) is 0.158. The van der Waals surface area contributed by atoms with Gasteiger partial charge in [-0.1, -0.05) is 30.3 Å². The summed E-state index contributed by atoms with van der Waals surface area (Å²) in [6, 6.07) is 14.2. The number of fused-ring (bicyclic) bond motifs is 1. The lowest BCUT2D eigenvalue weighted by Crippen LogP contribution is -2.24. The van der Waals surface area contributed by atoms with E-state index in [1.165, 1.54) is 4.80 Å². The summed E-state index contributed by atoms with van der Waals surface area (Å²) in [5.41, 5.74) is 2.87. The first-order chi connectivity index (χ1) is 12.6. The molecule has 8 heteroatoms. The molecular weight excluding hydrogens is 332 g/mol. The molecule has 3 aromatic rings. The van der Waals surface area contributed by atoms with Crippen LogP contribution in [-0.2, 0) is 11.8 Å². The maximum absolute atomic E-state index is 12.4. The summed E-state index contributed by atoms with van der Waals surface area (Å²) in [7, 11) is 1.69.